The summed E-state index contributed by atoms with van der Waals surface area (Å²) in [6.45, 7) is 2.01. The standard InChI is InChI=1S/C10H15NO5S/c1-8-3-4-10(15-2)9(7-8)11-5-6-16-17(12,13)14/h3-4,7,11H,5-6H2,1-2H3,(H,12,13,14). The summed E-state index contributed by atoms with van der Waals surface area (Å²) < 4.78 is 38.3. The van der Waals surface area contributed by atoms with Crippen molar-refractivity contribution in [2.75, 3.05) is 25.6 Å². The van der Waals surface area contributed by atoms with Crippen LogP contribution >= 0.6 is 0 Å². The van der Waals surface area contributed by atoms with Gasteiger partial charge in [0.15, 0.2) is 0 Å². The van der Waals surface area contributed by atoms with Gasteiger partial charge in [0.1, 0.15) is 5.75 Å². The molecule has 0 spiro atoms. The first-order chi connectivity index (χ1) is 7.92. The van der Waals surface area contributed by atoms with Crippen LogP contribution in [0.4, 0.5) is 5.69 Å². The molecule has 0 saturated heterocycles. The number of ether oxygens (including phenoxy) is 1. The molecule has 6 nitrogen and oxygen atoms in total. The summed E-state index contributed by atoms with van der Waals surface area (Å²) in [5.41, 5.74) is 1.79. The Kier molecular flexibility index (Phi) is 4.73. The molecule has 17 heavy (non-hydrogen) atoms. The molecule has 7 heteroatoms. The maximum Gasteiger partial charge on any atom is 0.397 e. The van der Waals surface area contributed by atoms with Gasteiger partial charge in [0.2, 0.25) is 0 Å². The third kappa shape index (κ3) is 5.03. The number of benzene rings is 1. The van der Waals surface area contributed by atoms with Gasteiger partial charge in [-0.2, -0.15) is 8.42 Å². The predicted molar refractivity (Wildman–Crippen MR) is 63.7 cm³/mol. The molecule has 2 N–H and O–H groups in total. The van der Waals surface area contributed by atoms with Gasteiger partial charge in [-0.15, -0.1) is 0 Å². The summed E-state index contributed by atoms with van der Waals surface area (Å²) >= 11 is 0. The van der Waals surface area contributed by atoms with Crippen molar-refractivity contribution in [1.82, 2.24) is 0 Å². The molecule has 1 rings (SSSR count). The first-order valence-electron chi connectivity index (χ1n) is 4.93. The maximum absolute atomic E-state index is 10.3. The van der Waals surface area contributed by atoms with Gasteiger partial charge in [-0.25, -0.2) is 4.18 Å². The summed E-state index contributed by atoms with van der Waals surface area (Å²) in [5, 5.41) is 2.95. The van der Waals surface area contributed by atoms with Gasteiger partial charge < -0.3 is 10.1 Å². The molecule has 96 valence electrons. The number of rotatable bonds is 6. The van der Waals surface area contributed by atoms with Gasteiger partial charge in [0.25, 0.3) is 0 Å². The first kappa shape index (κ1) is 13.8. The lowest BCUT2D eigenvalue weighted by Gasteiger charge is -2.11. The van der Waals surface area contributed by atoms with Gasteiger partial charge in [-0.1, -0.05) is 6.07 Å². The fourth-order valence-corrected chi connectivity index (χ4v) is 1.59. The van der Waals surface area contributed by atoms with Crippen LogP contribution in [-0.2, 0) is 14.6 Å². The van der Waals surface area contributed by atoms with Crippen molar-refractivity contribution in [2.45, 2.75) is 6.92 Å². The van der Waals surface area contributed by atoms with E-state index in [1.165, 1.54) is 0 Å². The topological polar surface area (TPSA) is 84.9 Å². The van der Waals surface area contributed by atoms with Gasteiger partial charge in [-0.05, 0) is 24.6 Å². The van der Waals surface area contributed by atoms with Gasteiger partial charge in [0.05, 0.1) is 19.4 Å². The third-order valence-corrected chi connectivity index (χ3v) is 2.47. The quantitative estimate of drug-likeness (QED) is 0.592. The molecule has 0 atom stereocenters. The van der Waals surface area contributed by atoms with Crippen molar-refractivity contribution in [3.8, 4) is 5.75 Å². The lowest BCUT2D eigenvalue weighted by molar-refractivity contribution is 0.278. The molecule has 0 aliphatic rings. The third-order valence-electron chi connectivity index (χ3n) is 2.00. The van der Waals surface area contributed by atoms with Gasteiger partial charge in [0, 0.05) is 6.54 Å². The molecule has 0 aliphatic heterocycles. The van der Waals surface area contributed by atoms with E-state index in [1.807, 2.05) is 19.1 Å². The highest BCUT2D eigenvalue weighted by Crippen LogP contribution is 2.24. The highest BCUT2D eigenvalue weighted by Gasteiger charge is 2.05. The SMILES string of the molecule is COc1ccc(C)cc1NCCOS(=O)(=O)O. The van der Waals surface area contributed by atoms with Crippen molar-refractivity contribution in [1.29, 1.82) is 0 Å². The van der Waals surface area contributed by atoms with Crippen LogP contribution in [0.2, 0.25) is 0 Å². The molecule has 0 aliphatic carbocycles. The highest BCUT2D eigenvalue weighted by molar-refractivity contribution is 7.80. The Bertz CT molecular complexity index is 472. The Hall–Kier alpha value is -1.31. The average molecular weight is 261 g/mol. The zero-order chi connectivity index (χ0) is 12.9. The van der Waals surface area contributed by atoms with Crippen molar-refractivity contribution in [3.63, 3.8) is 0 Å². The van der Waals surface area contributed by atoms with E-state index in [9.17, 15) is 8.42 Å². The molecule has 0 amide bonds. The number of aryl methyl sites for hydroxylation is 1. The minimum atomic E-state index is -4.37. The number of hydrogen-bond donors (Lipinski definition) is 2. The minimum absolute atomic E-state index is 0.157. The number of nitrogens with one attached hydrogen (secondary N) is 1. The molecular formula is C10H15NO5S. The summed E-state index contributed by atoms with van der Waals surface area (Å²) in [4.78, 5) is 0. The lowest BCUT2D eigenvalue weighted by Crippen LogP contribution is -2.13. The van der Waals surface area contributed by atoms with E-state index in [0.29, 0.717) is 5.75 Å². The molecule has 0 fully saturated rings. The Balaban J connectivity index is 2.54. The van der Waals surface area contributed by atoms with Crippen LogP contribution in [0.1, 0.15) is 5.56 Å². The van der Waals surface area contributed by atoms with Crippen molar-refractivity contribution >= 4 is 16.1 Å². The predicted octanol–water partition coefficient (Wildman–Crippen LogP) is 1.23. The van der Waals surface area contributed by atoms with Crippen molar-refractivity contribution in [3.05, 3.63) is 23.8 Å². The van der Waals surface area contributed by atoms with Gasteiger partial charge in [-0.3, -0.25) is 4.55 Å². The van der Waals surface area contributed by atoms with E-state index >= 15 is 0 Å². The van der Waals surface area contributed by atoms with E-state index in [1.54, 1.807) is 13.2 Å². The number of methoxy groups -OCH3 is 1. The molecule has 0 radical (unpaired) electrons. The molecule has 0 heterocycles. The van der Waals surface area contributed by atoms with E-state index in [2.05, 4.69) is 9.50 Å². The van der Waals surface area contributed by atoms with Crippen molar-refractivity contribution < 1.29 is 21.9 Å². The fraction of sp³-hybridized carbons (Fsp3) is 0.400. The second-order valence-corrected chi connectivity index (χ2v) is 4.47. The average Bonchev–Trinajstić information content (AvgIpc) is 2.23. The molecule has 0 aromatic heterocycles. The minimum Gasteiger partial charge on any atom is -0.495 e. The zero-order valence-electron chi connectivity index (χ0n) is 9.63. The Labute approximate surface area is 101 Å². The molecule has 0 bridgehead atoms. The molecule has 1 aromatic carbocycles. The highest BCUT2D eigenvalue weighted by atomic mass is 32.3. The van der Waals surface area contributed by atoms with Crippen LogP contribution in [0.25, 0.3) is 0 Å². The van der Waals surface area contributed by atoms with Gasteiger partial charge >= 0.3 is 10.4 Å². The monoisotopic (exact) mass is 261 g/mol. The first-order valence-corrected chi connectivity index (χ1v) is 6.29. The summed E-state index contributed by atoms with van der Waals surface area (Å²) in [7, 11) is -2.83. The number of anilines is 1. The second kappa shape index (κ2) is 5.85. The zero-order valence-corrected chi connectivity index (χ0v) is 10.5. The Morgan fingerprint density at radius 1 is 1.41 bits per heavy atom. The van der Waals surface area contributed by atoms with Crippen LogP contribution < -0.4 is 10.1 Å². The molecule has 1 aromatic rings. The normalized spacial score (nSPS) is 11.2. The van der Waals surface area contributed by atoms with Crippen LogP contribution in [0, 0.1) is 6.92 Å². The second-order valence-electron chi connectivity index (χ2n) is 3.38. The summed E-state index contributed by atoms with van der Waals surface area (Å²) in [6.07, 6.45) is 0. The van der Waals surface area contributed by atoms with Crippen LogP contribution in [0.15, 0.2) is 18.2 Å². The number of hydrogen-bond acceptors (Lipinski definition) is 5. The van der Waals surface area contributed by atoms with Crippen molar-refractivity contribution in [2.24, 2.45) is 0 Å². The molecule has 0 unspecified atom stereocenters. The van der Waals surface area contributed by atoms with E-state index in [-0.39, 0.29) is 13.2 Å². The summed E-state index contributed by atoms with van der Waals surface area (Å²) in [6, 6.07) is 5.58. The molecular weight excluding hydrogens is 246 g/mol. The maximum atomic E-state index is 10.3. The van der Waals surface area contributed by atoms with Crippen LogP contribution in [-0.4, -0.2) is 33.2 Å². The smallest absolute Gasteiger partial charge is 0.397 e. The Morgan fingerprint density at radius 3 is 2.71 bits per heavy atom. The fourth-order valence-electron chi connectivity index (χ4n) is 1.29. The van der Waals surface area contributed by atoms with E-state index in [0.717, 1.165) is 11.3 Å². The lowest BCUT2D eigenvalue weighted by atomic mass is 10.2. The largest absolute Gasteiger partial charge is 0.495 e. The summed E-state index contributed by atoms with van der Waals surface area (Å²) in [5.74, 6) is 0.655. The van der Waals surface area contributed by atoms with E-state index < -0.39 is 10.4 Å². The Morgan fingerprint density at radius 2 is 2.12 bits per heavy atom. The van der Waals surface area contributed by atoms with Crippen LogP contribution in [0.3, 0.4) is 0 Å². The van der Waals surface area contributed by atoms with Crippen LogP contribution in [0.5, 0.6) is 5.75 Å². The molecule has 0 saturated carbocycles. The van der Waals surface area contributed by atoms with E-state index in [4.69, 9.17) is 9.29 Å².